The van der Waals surface area contributed by atoms with E-state index in [4.69, 9.17) is 5.11 Å². The van der Waals surface area contributed by atoms with E-state index in [-0.39, 0.29) is 23.8 Å². The Balaban J connectivity index is 2.78. The third kappa shape index (κ3) is 4.85. The molecule has 0 aliphatic carbocycles. The number of nitrogens with zero attached hydrogens (tertiary/aromatic N) is 1. The lowest BCUT2D eigenvalue weighted by Gasteiger charge is -2.31. The van der Waals surface area contributed by atoms with E-state index in [0.29, 0.717) is 17.4 Å². The zero-order valence-corrected chi connectivity index (χ0v) is 13.6. The fourth-order valence-electron chi connectivity index (χ4n) is 2.02. The Morgan fingerprint density at radius 1 is 1.45 bits per heavy atom. The molecule has 20 heavy (non-hydrogen) atoms. The largest absolute Gasteiger partial charge is 0.396 e. The molecule has 0 saturated carbocycles. The molecule has 1 aromatic rings. The zero-order chi connectivity index (χ0) is 15.3. The molecule has 2 N–H and O–H groups in total. The molecule has 5 nitrogen and oxygen atoms in total. The Bertz CT molecular complexity index is 472. The monoisotopic (exact) mass is 344 g/mol. The molecule has 0 heterocycles. The summed E-state index contributed by atoms with van der Waals surface area (Å²) in [6, 6.07) is 5.25. The Labute approximate surface area is 127 Å². The van der Waals surface area contributed by atoms with Crippen molar-refractivity contribution in [2.45, 2.75) is 39.8 Å². The number of rotatable bonds is 6. The van der Waals surface area contributed by atoms with E-state index in [1.54, 1.807) is 12.1 Å². The van der Waals surface area contributed by atoms with Gasteiger partial charge in [0.1, 0.15) is 0 Å². The van der Waals surface area contributed by atoms with Crippen LogP contribution in [0.25, 0.3) is 0 Å². The average Bonchev–Trinajstić information content (AvgIpc) is 2.34. The third-order valence-electron chi connectivity index (χ3n) is 3.22. The minimum atomic E-state index is -0.400. The first kappa shape index (κ1) is 17.1. The van der Waals surface area contributed by atoms with Crippen molar-refractivity contribution in [1.82, 2.24) is 5.32 Å². The molecule has 1 atom stereocenters. The summed E-state index contributed by atoms with van der Waals surface area (Å²) in [5, 5.41) is 23.4. The molecule has 0 aliphatic rings. The van der Waals surface area contributed by atoms with Gasteiger partial charge in [-0.25, -0.2) is 0 Å². The van der Waals surface area contributed by atoms with Crippen LogP contribution in [0.2, 0.25) is 0 Å². The third-order valence-corrected chi connectivity index (χ3v) is 3.89. The van der Waals surface area contributed by atoms with E-state index in [1.807, 2.05) is 6.07 Å². The van der Waals surface area contributed by atoms with Crippen LogP contribution < -0.4 is 5.32 Å². The Hall–Kier alpha value is -0.980. The number of hydrogen-bond acceptors (Lipinski definition) is 4. The number of halogens is 1. The van der Waals surface area contributed by atoms with Crippen molar-refractivity contribution in [2.24, 2.45) is 5.41 Å². The van der Waals surface area contributed by atoms with Crippen molar-refractivity contribution in [3.05, 3.63) is 38.3 Å². The zero-order valence-electron chi connectivity index (χ0n) is 12.0. The Morgan fingerprint density at radius 3 is 2.60 bits per heavy atom. The summed E-state index contributed by atoms with van der Waals surface area (Å²) in [5.41, 5.74) is 0.940. The molecule has 1 aromatic carbocycles. The lowest BCUT2D eigenvalue weighted by atomic mass is 9.85. The maximum absolute atomic E-state index is 10.9. The van der Waals surface area contributed by atoms with E-state index in [2.05, 4.69) is 42.0 Å². The maximum Gasteiger partial charge on any atom is 0.283 e. The van der Waals surface area contributed by atoms with E-state index in [1.165, 1.54) is 0 Å². The number of hydrogen-bond donors (Lipinski definition) is 2. The first-order valence-electron chi connectivity index (χ1n) is 6.52. The molecule has 0 amide bonds. The van der Waals surface area contributed by atoms with Crippen LogP contribution in [0.1, 0.15) is 32.8 Å². The van der Waals surface area contributed by atoms with E-state index >= 15 is 0 Å². The topological polar surface area (TPSA) is 75.4 Å². The number of nitrogens with one attached hydrogen (secondary N) is 1. The number of aliphatic hydroxyl groups is 1. The lowest BCUT2D eigenvalue weighted by molar-refractivity contribution is -0.385. The van der Waals surface area contributed by atoms with Crippen LogP contribution in [0.15, 0.2) is 22.7 Å². The summed E-state index contributed by atoms with van der Waals surface area (Å²) in [6.45, 7) is 6.96. The molecular weight excluding hydrogens is 324 g/mol. The smallest absolute Gasteiger partial charge is 0.283 e. The van der Waals surface area contributed by atoms with Gasteiger partial charge < -0.3 is 10.4 Å². The molecular formula is C14H21BrN2O3. The second-order valence-electron chi connectivity index (χ2n) is 5.85. The molecule has 0 bridgehead atoms. The van der Waals surface area contributed by atoms with Crippen LogP contribution in [-0.4, -0.2) is 22.7 Å². The summed E-state index contributed by atoms with van der Waals surface area (Å²) in [7, 11) is 0. The summed E-state index contributed by atoms with van der Waals surface area (Å²) in [5.74, 6) is 0. The highest BCUT2D eigenvalue weighted by atomic mass is 79.9. The number of benzene rings is 1. The van der Waals surface area contributed by atoms with Crippen molar-refractivity contribution in [1.29, 1.82) is 0 Å². The van der Waals surface area contributed by atoms with Gasteiger partial charge in [0.25, 0.3) is 5.69 Å². The maximum atomic E-state index is 10.9. The molecule has 0 fully saturated rings. The molecule has 0 saturated heterocycles. The average molecular weight is 345 g/mol. The highest BCUT2D eigenvalue weighted by molar-refractivity contribution is 9.10. The quantitative estimate of drug-likeness (QED) is 0.613. The van der Waals surface area contributed by atoms with Crippen LogP contribution in [0.3, 0.4) is 0 Å². The number of aliphatic hydroxyl groups excluding tert-OH is 1. The number of nitro benzene ring substituents is 1. The fourth-order valence-corrected chi connectivity index (χ4v) is 2.41. The van der Waals surface area contributed by atoms with Gasteiger partial charge in [0.05, 0.1) is 9.40 Å². The first-order valence-corrected chi connectivity index (χ1v) is 7.32. The van der Waals surface area contributed by atoms with Gasteiger partial charge in [0.15, 0.2) is 0 Å². The summed E-state index contributed by atoms with van der Waals surface area (Å²) in [4.78, 5) is 10.5. The van der Waals surface area contributed by atoms with Gasteiger partial charge in [-0.1, -0.05) is 26.8 Å². The summed E-state index contributed by atoms with van der Waals surface area (Å²) in [6.07, 6.45) is 0.655. The van der Waals surface area contributed by atoms with E-state index in [0.717, 1.165) is 5.56 Å². The molecule has 0 radical (unpaired) electrons. The van der Waals surface area contributed by atoms with Crippen LogP contribution in [0, 0.1) is 15.5 Å². The van der Waals surface area contributed by atoms with Crippen LogP contribution in [-0.2, 0) is 6.54 Å². The van der Waals surface area contributed by atoms with Gasteiger partial charge in [-0.3, -0.25) is 10.1 Å². The highest BCUT2D eigenvalue weighted by Gasteiger charge is 2.23. The second kappa shape index (κ2) is 7.15. The van der Waals surface area contributed by atoms with Crippen molar-refractivity contribution < 1.29 is 10.0 Å². The van der Waals surface area contributed by atoms with Crippen LogP contribution >= 0.6 is 15.9 Å². The predicted octanol–water partition coefficient (Wildman–Crippen LogP) is 3.24. The molecule has 0 aromatic heterocycles. The summed E-state index contributed by atoms with van der Waals surface area (Å²) < 4.78 is 0.481. The lowest BCUT2D eigenvalue weighted by Crippen LogP contribution is -2.40. The molecule has 0 aliphatic heterocycles. The van der Waals surface area contributed by atoms with Gasteiger partial charge in [0, 0.05) is 25.3 Å². The van der Waals surface area contributed by atoms with Gasteiger partial charge in [0.2, 0.25) is 0 Å². The fraction of sp³-hybridized carbons (Fsp3) is 0.571. The minimum absolute atomic E-state index is 0.0179. The van der Waals surface area contributed by atoms with E-state index in [9.17, 15) is 10.1 Å². The molecule has 1 unspecified atom stereocenters. The molecule has 0 spiro atoms. The summed E-state index contributed by atoms with van der Waals surface area (Å²) >= 11 is 3.17. The normalized spacial score (nSPS) is 13.2. The van der Waals surface area contributed by atoms with Gasteiger partial charge in [-0.05, 0) is 39.4 Å². The van der Waals surface area contributed by atoms with E-state index < -0.39 is 4.92 Å². The van der Waals surface area contributed by atoms with Crippen molar-refractivity contribution in [2.75, 3.05) is 6.61 Å². The highest BCUT2D eigenvalue weighted by Crippen LogP contribution is 2.26. The standard InChI is InChI=1S/C14H21BrN2O3/c1-14(2,3)13(6-7-18)16-9-10-4-5-11(15)12(8-10)17(19)20/h4-5,8,13,16,18H,6-7,9H2,1-3H3. The van der Waals surface area contributed by atoms with Gasteiger partial charge >= 0.3 is 0 Å². The molecule has 6 heteroatoms. The Kier molecular flexibility index (Phi) is 6.10. The Morgan fingerprint density at radius 2 is 2.10 bits per heavy atom. The second-order valence-corrected chi connectivity index (χ2v) is 6.71. The van der Waals surface area contributed by atoms with Gasteiger partial charge in [-0.15, -0.1) is 0 Å². The first-order chi connectivity index (χ1) is 9.25. The molecule has 112 valence electrons. The molecule has 1 rings (SSSR count). The van der Waals surface area contributed by atoms with Crippen molar-refractivity contribution in [3.63, 3.8) is 0 Å². The van der Waals surface area contributed by atoms with Crippen LogP contribution in [0.5, 0.6) is 0 Å². The predicted molar refractivity (Wildman–Crippen MR) is 82.6 cm³/mol. The van der Waals surface area contributed by atoms with Crippen LogP contribution in [0.4, 0.5) is 5.69 Å². The van der Waals surface area contributed by atoms with Crippen molar-refractivity contribution >= 4 is 21.6 Å². The van der Waals surface area contributed by atoms with Gasteiger partial charge in [-0.2, -0.15) is 0 Å². The minimum Gasteiger partial charge on any atom is -0.396 e. The number of nitro groups is 1. The SMILES string of the molecule is CC(C)(C)C(CCO)NCc1ccc(Br)c([N+](=O)[O-])c1. The van der Waals surface area contributed by atoms with Crippen molar-refractivity contribution in [3.8, 4) is 0 Å².